The normalized spacial score (nSPS) is 26.8. The SMILES string of the molecule is CC(=O)OC[C@H]1C[C@@H](C)[C@H](OCc2ccccc2)[C@@H](OCc2ccccc2)[C@@H]1O. The zero-order chi connectivity index (χ0) is 20.6. The minimum atomic E-state index is -0.768. The van der Waals surface area contributed by atoms with Crippen molar-refractivity contribution in [1.29, 1.82) is 0 Å². The van der Waals surface area contributed by atoms with Crippen LogP contribution in [0.25, 0.3) is 0 Å². The number of hydrogen-bond donors (Lipinski definition) is 1. The topological polar surface area (TPSA) is 65.0 Å². The van der Waals surface area contributed by atoms with E-state index in [-0.39, 0.29) is 30.5 Å². The van der Waals surface area contributed by atoms with Crippen LogP contribution in [0.3, 0.4) is 0 Å². The van der Waals surface area contributed by atoms with Crippen LogP contribution in [0.2, 0.25) is 0 Å². The Morgan fingerprint density at radius 2 is 1.45 bits per heavy atom. The molecule has 5 atom stereocenters. The van der Waals surface area contributed by atoms with E-state index in [2.05, 4.69) is 6.92 Å². The molecule has 1 saturated carbocycles. The van der Waals surface area contributed by atoms with Crippen LogP contribution in [0.4, 0.5) is 0 Å². The number of rotatable bonds is 8. The van der Waals surface area contributed by atoms with Gasteiger partial charge in [-0.2, -0.15) is 0 Å². The summed E-state index contributed by atoms with van der Waals surface area (Å²) < 4.78 is 17.6. The van der Waals surface area contributed by atoms with Crippen LogP contribution in [0.15, 0.2) is 60.7 Å². The van der Waals surface area contributed by atoms with Gasteiger partial charge in [-0.15, -0.1) is 0 Å². The fourth-order valence-electron chi connectivity index (χ4n) is 3.91. The molecule has 0 amide bonds. The van der Waals surface area contributed by atoms with Gasteiger partial charge in [0.2, 0.25) is 0 Å². The zero-order valence-electron chi connectivity index (χ0n) is 17.1. The molecule has 5 nitrogen and oxygen atoms in total. The molecule has 0 aliphatic heterocycles. The number of ether oxygens (including phenoxy) is 3. The first-order valence-electron chi connectivity index (χ1n) is 10.2. The van der Waals surface area contributed by atoms with Crippen LogP contribution in [-0.4, -0.2) is 36.0 Å². The molecule has 0 bridgehead atoms. The van der Waals surface area contributed by atoms with Crippen molar-refractivity contribution in [3.8, 4) is 0 Å². The summed E-state index contributed by atoms with van der Waals surface area (Å²) in [5.41, 5.74) is 2.12. The highest BCUT2D eigenvalue weighted by atomic mass is 16.6. The number of aliphatic hydroxyl groups is 1. The third kappa shape index (κ3) is 6.13. The van der Waals surface area contributed by atoms with E-state index < -0.39 is 12.2 Å². The summed E-state index contributed by atoms with van der Waals surface area (Å²) >= 11 is 0. The Morgan fingerprint density at radius 1 is 0.931 bits per heavy atom. The van der Waals surface area contributed by atoms with Crippen LogP contribution in [0, 0.1) is 11.8 Å². The van der Waals surface area contributed by atoms with E-state index in [1.54, 1.807) is 0 Å². The highest BCUT2D eigenvalue weighted by molar-refractivity contribution is 5.65. The van der Waals surface area contributed by atoms with Gasteiger partial charge in [-0.1, -0.05) is 67.6 Å². The fourth-order valence-corrected chi connectivity index (χ4v) is 3.91. The van der Waals surface area contributed by atoms with Crippen molar-refractivity contribution in [3.05, 3.63) is 71.8 Å². The molecule has 3 rings (SSSR count). The molecule has 0 radical (unpaired) electrons. The fraction of sp³-hybridized carbons (Fsp3) is 0.458. The molecule has 5 heteroatoms. The van der Waals surface area contributed by atoms with Crippen LogP contribution in [0.1, 0.15) is 31.4 Å². The quantitative estimate of drug-likeness (QED) is 0.687. The minimum Gasteiger partial charge on any atom is -0.465 e. The van der Waals surface area contributed by atoms with Crippen molar-refractivity contribution >= 4 is 5.97 Å². The Bertz CT molecular complexity index is 748. The van der Waals surface area contributed by atoms with Crippen LogP contribution >= 0.6 is 0 Å². The van der Waals surface area contributed by atoms with Crippen molar-refractivity contribution in [2.24, 2.45) is 11.8 Å². The van der Waals surface area contributed by atoms with Crippen LogP contribution in [0.5, 0.6) is 0 Å². The highest BCUT2D eigenvalue weighted by Crippen LogP contribution is 2.35. The number of aliphatic hydroxyl groups excluding tert-OH is 1. The lowest BCUT2D eigenvalue weighted by Gasteiger charge is -2.43. The van der Waals surface area contributed by atoms with Crippen molar-refractivity contribution < 1.29 is 24.1 Å². The number of benzene rings is 2. The van der Waals surface area contributed by atoms with Gasteiger partial charge in [-0.3, -0.25) is 4.79 Å². The molecular weight excluding hydrogens is 368 g/mol. The molecule has 2 aromatic rings. The van der Waals surface area contributed by atoms with E-state index in [9.17, 15) is 9.90 Å². The summed E-state index contributed by atoms with van der Waals surface area (Å²) in [5.74, 6) is -0.358. The van der Waals surface area contributed by atoms with E-state index in [1.165, 1.54) is 6.92 Å². The maximum absolute atomic E-state index is 11.2. The van der Waals surface area contributed by atoms with E-state index in [0.717, 1.165) is 11.1 Å². The number of carbonyl (C=O) groups is 1. The number of esters is 1. The molecular formula is C24H30O5. The Morgan fingerprint density at radius 3 is 1.97 bits per heavy atom. The monoisotopic (exact) mass is 398 g/mol. The Kier molecular flexibility index (Phi) is 7.81. The minimum absolute atomic E-state index is 0.156. The van der Waals surface area contributed by atoms with Gasteiger partial charge in [0, 0.05) is 12.8 Å². The molecule has 0 saturated heterocycles. The third-order valence-corrected chi connectivity index (χ3v) is 5.45. The number of carbonyl (C=O) groups excluding carboxylic acids is 1. The lowest BCUT2D eigenvalue weighted by atomic mass is 9.76. The first kappa shape index (κ1) is 21.5. The molecule has 1 fully saturated rings. The molecule has 0 spiro atoms. The second kappa shape index (κ2) is 10.5. The van der Waals surface area contributed by atoms with Crippen molar-refractivity contribution in [2.75, 3.05) is 6.61 Å². The first-order valence-corrected chi connectivity index (χ1v) is 10.2. The van der Waals surface area contributed by atoms with Gasteiger partial charge in [0.25, 0.3) is 0 Å². The molecule has 1 N–H and O–H groups in total. The molecule has 156 valence electrons. The Labute approximate surface area is 172 Å². The smallest absolute Gasteiger partial charge is 0.302 e. The Hall–Kier alpha value is -2.21. The number of hydrogen-bond acceptors (Lipinski definition) is 5. The zero-order valence-corrected chi connectivity index (χ0v) is 17.1. The molecule has 1 aliphatic carbocycles. The molecule has 0 unspecified atom stereocenters. The lowest BCUT2D eigenvalue weighted by molar-refractivity contribution is -0.192. The molecule has 2 aromatic carbocycles. The van der Waals surface area contributed by atoms with Gasteiger partial charge in [0.05, 0.1) is 32.0 Å². The van der Waals surface area contributed by atoms with Gasteiger partial charge in [0.1, 0.15) is 6.10 Å². The summed E-state index contributed by atoms with van der Waals surface area (Å²) in [5, 5.41) is 11.0. The maximum Gasteiger partial charge on any atom is 0.302 e. The molecule has 29 heavy (non-hydrogen) atoms. The van der Waals surface area contributed by atoms with Crippen molar-refractivity contribution in [3.63, 3.8) is 0 Å². The third-order valence-electron chi connectivity index (χ3n) is 5.45. The predicted molar refractivity (Wildman–Crippen MR) is 110 cm³/mol. The summed E-state index contributed by atoms with van der Waals surface area (Å²) in [6.07, 6.45) is -0.806. The van der Waals surface area contributed by atoms with Crippen molar-refractivity contribution in [2.45, 2.75) is 51.8 Å². The standard InChI is InChI=1S/C24H30O5/c1-17-13-21(16-27-18(2)25)22(26)24(29-15-20-11-7-4-8-12-20)23(17)28-14-19-9-5-3-6-10-19/h3-12,17,21-24,26H,13-16H2,1-2H3/t17-,21-,22-,23+,24+/m1/s1. The average molecular weight is 398 g/mol. The average Bonchev–Trinajstić information content (AvgIpc) is 2.73. The van der Waals surface area contributed by atoms with Crippen LogP contribution < -0.4 is 0 Å². The summed E-state index contributed by atoms with van der Waals surface area (Å²) in [7, 11) is 0. The Balaban J connectivity index is 1.71. The van der Waals surface area contributed by atoms with E-state index in [0.29, 0.717) is 19.6 Å². The second-order valence-electron chi connectivity index (χ2n) is 7.79. The summed E-state index contributed by atoms with van der Waals surface area (Å²) in [6, 6.07) is 19.9. The van der Waals surface area contributed by atoms with Crippen LogP contribution in [-0.2, 0) is 32.2 Å². The highest BCUT2D eigenvalue weighted by Gasteiger charge is 2.44. The van der Waals surface area contributed by atoms with Gasteiger partial charge >= 0.3 is 5.97 Å². The first-order chi connectivity index (χ1) is 14.0. The molecule has 0 aromatic heterocycles. The van der Waals surface area contributed by atoms with E-state index in [4.69, 9.17) is 14.2 Å². The van der Waals surface area contributed by atoms with Gasteiger partial charge in [-0.05, 0) is 23.5 Å². The van der Waals surface area contributed by atoms with E-state index >= 15 is 0 Å². The summed E-state index contributed by atoms with van der Waals surface area (Å²) in [4.78, 5) is 11.2. The maximum atomic E-state index is 11.2. The lowest BCUT2D eigenvalue weighted by Crippen LogP contribution is -2.53. The van der Waals surface area contributed by atoms with Gasteiger partial charge in [0.15, 0.2) is 0 Å². The molecule has 0 heterocycles. The van der Waals surface area contributed by atoms with Gasteiger partial charge in [-0.25, -0.2) is 0 Å². The van der Waals surface area contributed by atoms with Gasteiger partial charge < -0.3 is 19.3 Å². The summed E-state index contributed by atoms with van der Waals surface area (Å²) in [6.45, 7) is 4.52. The van der Waals surface area contributed by atoms with Crippen molar-refractivity contribution in [1.82, 2.24) is 0 Å². The molecule has 1 aliphatic rings. The second-order valence-corrected chi connectivity index (χ2v) is 7.79. The largest absolute Gasteiger partial charge is 0.465 e. The van der Waals surface area contributed by atoms with E-state index in [1.807, 2.05) is 60.7 Å². The predicted octanol–water partition coefficient (Wildman–Crippen LogP) is 3.74.